The van der Waals surface area contributed by atoms with Crippen LogP contribution in [0.4, 0.5) is 0 Å². The van der Waals surface area contributed by atoms with E-state index < -0.39 is 38.6 Å². The van der Waals surface area contributed by atoms with Crippen molar-refractivity contribution in [3.63, 3.8) is 0 Å². The fraction of sp³-hybridized carbons (Fsp3) is 0.636. The Labute approximate surface area is 333 Å². The van der Waals surface area contributed by atoms with Crippen LogP contribution in [0.1, 0.15) is 123 Å². The van der Waals surface area contributed by atoms with Gasteiger partial charge in [0.25, 0.3) is 0 Å². The second kappa shape index (κ2) is 35.6. The van der Waals surface area contributed by atoms with Crippen LogP contribution >= 0.6 is 7.82 Å². The summed E-state index contributed by atoms with van der Waals surface area (Å²) in [4.78, 5) is 35.3. The van der Waals surface area contributed by atoms with E-state index in [2.05, 4.69) is 68.5 Å². The topological polar surface area (TPSA) is 129 Å². The van der Waals surface area contributed by atoms with Crippen LogP contribution in [-0.2, 0) is 32.7 Å². The highest BCUT2D eigenvalue weighted by molar-refractivity contribution is 7.47. The Kier molecular flexibility index (Phi) is 33.7. The number of likely N-dealkylation sites (N-methyl/N-ethyl adjacent to an activating group) is 1. The molecule has 0 aromatic carbocycles. The maximum atomic E-state index is 12.7. The number of esters is 2. The molecule has 0 saturated heterocycles. The van der Waals surface area contributed by atoms with Crippen LogP contribution in [0.25, 0.3) is 0 Å². The maximum absolute atomic E-state index is 12.7. The first-order chi connectivity index (χ1) is 26.4. The number of phosphoric acid groups is 1. The average Bonchev–Trinajstić information content (AvgIpc) is 3.12. The number of aliphatic hydroxyl groups excluding tert-OH is 1. The molecular weight excluding hydrogens is 717 g/mol. The van der Waals surface area contributed by atoms with Gasteiger partial charge in [-0.15, -0.1) is 0 Å². The summed E-state index contributed by atoms with van der Waals surface area (Å²) in [5.41, 5.74) is 0. The monoisotopic (exact) mass is 793 g/mol. The summed E-state index contributed by atoms with van der Waals surface area (Å²) in [5.74, 6) is -0.913. The van der Waals surface area contributed by atoms with E-state index in [9.17, 15) is 24.2 Å². The molecule has 0 fully saturated rings. The number of allylic oxidation sites excluding steroid dienone is 12. The standard InChI is InChI=1S/C44H74NO9P/c1-6-8-10-11-12-13-14-15-16-17-18-21-24-27-31-35-43(47)51-39-42(40-53-55(49,50)52-38-37-45(3,4)5)54-44(48)36-32-28-25-22-19-20-23-26-30-34-41(46)33-29-9-7-2/h8-10,12-13,15-16,18,21,23,26,29-30,34,41-42,46H,6-7,11,14,17,19-20,22,24-25,27-28,31-33,35-40H2,1-5H3/p+1/b10-8-,13-12-,16-15-,21-18-,26-23+,29-9+,34-30+/t41?,42-/m1/s1. The first-order valence-electron chi connectivity index (χ1n) is 20.4. The number of ether oxygens (including phenoxy) is 2. The van der Waals surface area contributed by atoms with E-state index >= 15 is 0 Å². The summed E-state index contributed by atoms with van der Waals surface area (Å²) in [6.45, 7) is 3.96. The number of phosphoric ester groups is 1. The first kappa shape index (κ1) is 52.2. The van der Waals surface area contributed by atoms with Gasteiger partial charge in [0.15, 0.2) is 6.10 Å². The largest absolute Gasteiger partial charge is 0.472 e. The molecule has 2 N–H and O–H groups in total. The third-order valence-electron chi connectivity index (χ3n) is 8.00. The second-order valence-electron chi connectivity index (χ2n) is 14.5. The van der Waals surface area contributed by atoms with Crippen LogP contribution in [0.2, 0.25) is 0 Å². The zero-order valence-electron chi connectivity index (χ0n) is 34.7. The second-order valence-corrected chi connectivity index (χ2v) is 15.9. The van der Waals surface area contributed by atoms with Gasteiger partial charge in [-0.05, 0) is 77.0 Å². The SMILES string of the molecule is CC/C=C\C/C=C\C/C=C\C/C=C\CCCCC(=O)OC[C@H](COP(=O)(O)OCC[N+](C)(C)C)OC(=O)CCCCCCC/C=C/C=C/C(O)C/C=C/CC. The van der Waals surface area contributed by atoms with Crippen LogP contribution in [0, 0.1) is 0 Å². The van der Waals surface area contributed by atoms with Gasteiger partial charge in [0.05, 0.1) is 33.9 Å². The quantitative estimate of drug-likeness (QED) is 0.0161. The van der Waals surface area contributed by atoms with E-state index in [0.717, 1.165) is 77.0 Å². The molecule has 10 nitrogen and oxygen atoms in total. The van der Waals surface area contributed by atoms with Gasteiger partial charge in [0.1, 0.15) is 19.8 Å². The van der Waals surface area contributed by atoms with Crippen molar-refractivity contribution in [3.05, 3.63) is 85.1 Å². The fourth-order valence-corrected chi connectivity index (χ4v) is 5.54. The summed E-state index contributed by atoms with van der Waals surface area (Å²) in [5, 5.41) is 9.88. The van der Waals surface area contributed by atoms with Gasteiger partial charge in [-0.25, -0.2) is 4.57 Å². The maximum Gasteiger partial charge on any atom is 0.472 e. The minimum Gasteiger partial charge on any atom is -0.462 e. The Morgan fingerprint density at radius 3 is 1.87 bits per heavy atom. The molecule has 0 aliphatic heterocycles. The summed E-state index contributed by atoms with van der Waals surface area (Å²) in [6, 6.07) is 0. The predicted molar refractivity (Wildman–Crippen MR) is 225 cm³/mol. The molecule has 0 spiro atoms. The van der Waals surface area contributed by atoms with E-state index in [1.807, 2.05) is 45.4 Å². The third kappa shape index (κ3) is 39.2. The van der Waals surface area contributed by atoms with Gasteiger partial charge in [-0.1, -0.05) is 118 Å². The summed E-state index contributed by atoms with van der Waals surface area (Å²) < 4.78 is 34.1. The van der Waals surface area contributed by atoms with Gasteiger partial charge >= 0.3 is 19.8 Å². The molecule has 3 atom stereocenters. The van der Waals surface area contributed by atoms with Gasteiger partial charge in [0.2, 0.25) is 0 Å². The smallest absolute Gasteiger partial charge is 0.462 e. The van der Waals surface area contributed by atoms with Crippen molar-refractivity contribution in [2.75, 3.05) is 47.5 Å². The highest BCUT2D eigenvalue weighted by Gasteiger charge is 2.27. The average molecular weight is 793 g/mol. The fourth-order valence-electron chi connectivity index (χ4n) is 4.80. The minimum absolute atomic E-state index is 0.00625. The molecule has 314 valence electrons. The molecule has 0 aromatic heterocycles. The van der Waals surface area contributed by atoms with E-state index in [-0.39, 0.29) is 26.1 Å². The van der Waals surface area contributed by atoms with Gasteiger partial charge in [-0.2, -0.15) is 0 Å². The number of hydrogen-bond acceptors (Lipinski definition) is 8. The summed E-state index contributed by atoms with van der Waals surface area (Å²) in [6.07, 6.45) is 41.1. The van der Waals surface area contributed by atoms with Gasteiger partial charge < -0.3 is 24.0 Å². The third-order valence-corrected chi connectivity index (χ3v) is 8.99. The molecule has 0 radical (unpaired) electrons. The summed E-state index contributed by atoms with van der Waals surface area (Å²) >= 11 is 0. The number of carbonyl (C=O) groups is 2. The molecule has 2 unspecified atom stereocenters. The van der Waals surface area contributed by atoms with Crippen molar-refractivity contribution in [2.45, 2.75) is 135 Å². The zero-order valence-corrected chi connectivity index (χ0v) is 35.6. The summed E-state index contributed by atoms with van der Waals surface area (Å²) in [7, 11) is 1.39. The Hall–Kier alpha value is -2.85. The number of quaternary nitrogens is 1. The molecule has 0 aromatic rings. The van der Waals surface area contributed by atoms with Crippen molar-refractivity contribution >= 4 is 19.8 Å². The molecule has 0 heterocycles. The molecule has 0 rings (SSSR count). The van der Waals surface area contributed by atoms with Crippen molar-refractivity contribution in [1.82, 2.24) is 0 Å². The molecule has 55 heavy (non-hydrogen) atoms. The highest BCUT2D eigenvalue weighted by atomic mass is 31.2. The first-order valence-corrected chi connectivity index (χ1v) is 21.9. The highest BCUT2D eigenvalue weighted by Crippen LogP contribution is 2.43. The molecule has 0 bridgehead atoms. The number of unbranched alkanes of at least 4 members (excludes halogenated alkanes) is 7. The van der Waals surface area contributed by atoms with Crippen LogP contribution in [0.3, 0.4) is 0 Å². The van der Waals surface area contributed by atoms with Crippen molar-refractivity contribution in [2.24, 2.45) is 0 Å². The molecule has 0 aliphatic rings. The van der Waals surface area contributed by atoms with E-state index in [0.29, 0.717) is 30.3 Å². The lowest BCUT2D eigenvalue weighted by atomic mass is 10.1. The number of hydrogen-bond donors (Lipinski definition) is 2. The van der Waals surface area contributed by atoms with Crippen molar-refractivity contribution < 1.29 is 47.2 Å². The number of carbonyl (C=O) groups excluding carboxylic acids is 2. The number of rotatable bonds is 35. The van der Waals surface area contributed by atoms with Crippen molar-refractivity contribution in [1.29, 1.82) is 0 Å². The molecule has 0 aliphatic carbocycles. The lowest BCUT2D eigenvalue weighted by Crippen LogP contribution is -2.37. The normalized spacial score (nSPS) is 15.1. The van der Waals surface area contributed by atoms with E-state index in [4.69, 9.17) is 18.5 Å². The number of nitrogens with zero attached hydrogens (tertiary/aromatic N) is 1. The lowest BCUT2D eigenvalue weighted by molar-refractivity contribution is -0.870. The van der Waals surface area contributed by atoms with Crippen LogP contribution in [0.5, 0.6) is 0 Å². The van der Waals surface area contributed by atoms with E-state index in [1.54, 1.807) is 6.08 Å². The van der Waals surface area contributed by atoms with Crippen LogP contribution < -0.4 is 0 Å². The Balaban J connectivity index is 4.57. The number of aliphatic hydroxyl groups is 1. The van der Waals surface area contributed by atoms with E-state index in [1.165, 1.54) is 0 Å². The molecule has 0 saturated carbocycles. The Morgan fingerprint density at radius 2 is 1.20 bits per heavy atom. The van der Waals surface area contributed by atoms with Crippen molar-refractivity contribution in [3.8, 4) is 0 Å². The molecule has 11 heteroatoms. The lowest BCUT2D eigenvalue weighted by Gasteiger charge is -2.24. The Bertz CT molecular complexity index is 1230. The predicted octanol–water partition coefficient (Wildman–Crippen LogP) is 10.2. The zero-order chi connectivity index (χ0) is 40.9. The van der Waals surface area contributed by atoms with Gasteiger partial charge in [0, 0.05) is 12.8 Å². The Morgan fingerprint density at radius 1 is 0.655 bits per heavy atom. The minimum atomic E-state index is -4.41. The van der Waals surface area contributed by atoms with Crippen LogP contribution in [-0.4, -0.2) is 86.1 Å². The molecular formula is C44H75NO9P+. The molecule has 0 amide bonds. The van der Waals surface area contributed by atoms with Crippen LogP contribution in [0.15, 0.2) is 85.1 Å². The van der Waals surface area contributed by atoms with Gasteiger partial charge in [-0.3, -0.25) is 18.6 Å².